The molecule has 0 spiro atoms. The van der Waals surface area contributed by atoms with Crippen molar-refractivity contribution < 1.29 is 13.3 Å². The Bertz CT molecular complexity index is 373. The fourth-order valence-electron chi connectivity index (χ4n) is 1.72. The average Bonchev–Trinajstić information content (AvgIpc) is 2.37. The predicted molar refractivity (Wildman–Crippen MR) is 76.2 cm³/mol. The summed E-state index contributed by atoms with van der Waals surface area (Å²) in [6.45, 7) is 11.3. The van der Waals surface area contributed by atoms with Gasteiger partial charge in [-0.05, 0) is 25.0 Å². The van der Waals surface area contributed by atoms with E-state index in [9.17, 15) is 0 Å². The zero-order valence-electron chi connectivity index (χ0n) is 11.4. The van der Waals surface area contributed by atoms with Crippen molar-refractivity contribution in [2.45, 2.75) is 27.0 Å². The zero-order chi connectivity index (χ0) is 13.4. The molecule has 0 amide bonds. The van der Waals surface area contributed by atoms with E-state index in [1.165, 1.54) is 0 Å². The van der Waals surface area contributed by atoms with Gasteiger partial charge in [0.05, 0.1) is 6.61 Å². The van der Waals surface area contributed by atoms with E-state index in [0.717, 1.165) is 11.1 Å². The highest BCUT2D eigenvalue weighted by molar-refractivity contribution is 6.59. The van der Waals surface area contributed by atoms with Gasteiger partial charge >= 0.3 is 8.80 Å². The SMILES string of the molecule is C=Cc1ccccc1CO[Si](C)(OCC)OCC. The largest absolute Gasteiger partial charge is 0.497 e. The Hall–Kier alpha value is -0.943. The van der Waals surface area contributed by atoms with Crippen LogP contribution in [-0.2, 0) is 19.9 Å². The third-order valence-electron chi connectivity index (χ3n) is 2.58. The van der Waals surface area contributed by atoms with Crippen molar-refractivity contribution in [3.63, 3.8) is 0 Å². The molecule has 0 bridgehead atoms. The quantitative estimate of drug-likeness (QED) is 0.674. The summed E-state index contributed by atoms with van der Waals surface area (Å²) in [7, 11) is -2.50. The minimum Gasteiger partial charge on any atom is -0.374 e. The molecule has 0 N–H and O–H groups in total. The molecule has 0 heterocycles. The third kappa shape index (κ3) is 4.38. The number of benzene rings is 1. The van der Waals surface area contributed by atoms with E-state index in [4.69, 9.17) is 13.3 Å². The molecule has 1 rings (SSSR count). The molecule has 100 valence electrons. The van der Waals surface area contributed by atoms with Crippen LogP contribution in [0.5, 0.6) is 0 Å². The normalized spacial score (nSPS) is 11.5. The van der Waals surface area contributed by atoms with Crippen molar-refractivity contribution in [1.82, 2.24) is 0 Å². The van der Waals surface area contributed by atoms with Gasteiger partial charge in [0.15, 0.2) is 0 Å². The van der Waals surface area contributed by atoms with Gasteiger partial charge in [-0.3, -0.25) is 0 Å². The lowest BCUT2D eigenvalue weighted by atomic mass is 10.1. The summed E-state index contributed by atoms with van der Waals surface area (Å²) < 4.78 is 17.2. The molecule has 4 heteroatoms. The van der Waals surface area contributed by atoms with Crippen LogP contribution in [0.4, 0.5) is 0 Å². The summed E-state index contributed by atoms with van der Waals surface area (Å²) in [6.07, 6.45) is 1.83. The molecule has 0 saturated heterocycles. The van der Waals surface area contributed by atoms with E-state index in [1.807, 2.05) is 50.7 Å². The topological polar surface area (TPSA) is 27.7 Å². The highest BCUT2D eigenvalue weighted by Gasteiger charge is 2.34. The monoisotopic (exact) mass is 266 g/mol. The lowest BCUT2D eigenvalue weighted by molar-refractivity contribution is 0.0679. The van der Waals surface area contributed by atoms with Crippen LogP contribution < -0.4 is 0 Å². The second-order valence-electron chi connectivity index (χ2n) is 3.92. The van der Waals surface area contributed by atoms with Crippen molar-refractivity contribution in [2.24, 2.45) is 0 Å². The van der Waals surface area contributed by atoms with Gasteiger partial charge in [0.1, 0.15) is 0 Å². The Labute approximate surface area is 111 Å². The van der Waals surface area contributed by atoms with Crippen LogP contribution in [0.15, 0.2) is 30.8 Å². The first kappa shape index (κ1) is 15.1. The van der Waals surface area contributed by atoms with Crippen LogP contribution >= 0.6 is 0 Å². The first-order chi connectivity index (χ1) is 8.65. The van der Waals surface area contributed by atoms with Crippen LogP contribution in [0.2, 0.25) is 6.55 Å². The van der Waals surface area contributed by atoms with Gasteiger partial charge in [0.25, 0.3) is 0 Å². The summed E-state index contributed by atoms with van der Waals surface area (Å²) in [5.74, 6) is 0. The van der Waals surface area contributed by atoms with Gasteiger partial charge in [-0.25, -0.2) is 0 Å². The molecule has 0 atom stereocenters. The zero-order valence-corrected chi connectivity index (χ0v) is 12.4. The van der Waals surface area contributed by atoms with Crippen molar-refractivity contribution >= 4 is 14.9 Å². The minimum atomic E-state index is -2.50. The van der Waals surface area contributed by atoms with E-state index in [-0.39, 0.29) is 0 Å². The van der Waals surface area contributed by atoms with E-state index in [2.05, 4.69) is 6.58 Å². The van der Waals surface area contributed by atoms with E-state index < -0.39 is 8.80 Å². The second-order valence-corrected chi connectivity index (χ2v) is 6.51. The van der Waals surface area contributed by atoms with Crippen molar-refractivity contribution in [3.8, 4) is 0 Å². The van der Waals surface area contributed by atoms with Crippen LogP contribution in [0.1, 0.15) is 25.0 Å². The molecule has 1 aromatic carbocycles. The maximum absolute atomic E-state index is 5.89. The lowest BCUT2D eigenvalue weighted by Gasteiger charge is -2.25. The summed E-state index contributed by atoms with van der Waals surface area (Å²) in [5, 5.41) is 0. The van der Waals surface area contributed by atoms with Crippen molar-refractivity contribution in [2.75, 3.05) is 13.2 Å². The molecule has 0 aromatic heterocycles. The molecule has 0 aliphatic carbocycles. The average molecular weight is 266 g/mol. The predicted octanol–water partition coefficient (Wildman–Crippen LogP) is 3.49. The summed E-state index contributed by atoms with van der Waals surface area (Å²) >= 11 is 0. The minimum absolute atomic E-state index is 0.491. The van der Waals surface area contributed by atoms with Crippen LogP contribution in [0, 0.1) is 0 Å². The first-order valence-corrected chi connectivity index (χ1v) is 8.50. The van der Waals surface area contributed by atoms with Gasteiger partial charge < -0.3 is 13.3 Å². The standard InChI is InChI=1S/C14H22O3Si/c1-5-13-10-8-9-11-14(13)12-17-18(4,15-6-2)16-7-3/h5,8-11H,1,6-7,12H2,2-4H3. The Morgan fingerprint density at radius 3 is 2.28 bits per heavy atom. The van der Waals surface area contributed by atoms with Crippen LogP contribution in [0.3, 0.4) is 0 Å². The van der Waals surface area contributed by atoms with Gasteiger partial charge in [-0.2, -0.15) is 0 Å². The van der Waals surface area contributed by atoms with Crippen LogP contribution in [0.25, 0.3) is 6.08 Å². The Morgan fingerprint density at radius 2 is 1.72 bits per heavy atom. The molecule has 18 heavy (non-hydrogen) atoms. The fourth-order valence-corrected chi connectivity index (χ4v) is 3.44. The molecule has 3 nitrogen and oxygen atoms in total. The molecule has 0 fully saturated rings. The molecular weight excluding hydrogens is 244 g/mol. The Kier molecular flexibility index (Phi) is 6.28. The van der Waals surface area contributed by atoms with Crippen molar-refractivity contribution in [3.05, 3.63) is 42.0 Å². The highest BCUT2D eigenvalue weighted by atomic mass is 28.4. The number of hydrogen-bond acceptors (Lipinski definition) is 3. The van der Waals surface area contributed by atoms with Gasteiger partial charge in [0, 0.05) is 19.8 Å². The molecule has 0 unspecified atom stereocenters. The maximum Gasteiger partial charge on any atom is 0.497 e. The van der Waals surface area contributed by atoms with E-state index >= 15 is 0 Å². The van der Waals surface area contributed by atoms with Gasteiger partial charge in [0.2, 0.25) is 0 Å². The third-order valence-corrected chi connectivity index (χ3v) is 4.87. The molecule has 0 aliphatic rings. The summed E-state index contributed by atoms with van der Waals surface area (Å²) in [4.78, 5) is 0. The Balaban J connectivity index is 2.69. The molecule has 0 radical (unpaired) electrons. The van der Waals surface area contributed by atoms with Gasteiger partial charge in [-0.15, -0.1) is 0 Å². The molecule has 0 aliphatic heterocycles. The van der Waals surface area contributed by atoms with Gasteiger partial charge in [-0.1, -0.05) is 36.9 Å². The molecule has 0 saturated carbocycles. The number of hydrogen-bond donors (Lipinski definition) is 0. The number of rotatable bonds is 8. The summed E-state index contributed by atoms with van der Waals surface area (Å²) in [6, 6.07) is 8.03. The lowest BCUT2D eigenvalue weighted by Crippen LogP contribution is -2.42. The van der Waals surface area contributed by atoms with Crippen molar-refractivity contribution in [1.29, 1.82) is 0 Å². The Morgan fingerprint density at radius 1 is 1.11 bits per heavy atom. The fraction of sp³-hybridized carbons (Fsp3) is 0.429. The highest BCUT2D eigenvalue weighted by Crippen LogP contribution is 2.16. The maximum atomic E-state index is 5.89. The molecule has 1 aromatic rings. The van der Waals surface area contributed by atoms with E-state index in [0.29, 0.717) is 19.8 Å². The van der Waals surface area contributed by atoms with Crippen LogP contribution in [-0.4, -0.2) is 22.0 Å². The smallest absolute Gasteiger partial charge is 0.374 e. The summed E-state index contributed by atoms with van der Waals surface area (Å²) in [5.41, 5.74) is 2.19. The molecular formula is C14H22O3Si. The van der Waals surface area contributed by atoms with E-state index in [1.54, 1.807) is 0 Å². The second kappa shape index (κ2) is 7.48. The first-order valence-electron chi connectivity index (χ1n) is 6.27.